The Labute approximate surface area is 158 Å². The first-order valence-electron chi connectivity index (χ1n) is 8.50. The molecule has 0 saturated heterocycles. The van der Waals surface area contributed by atoms with E-state index in [1.54, 1.807) is 31.4 Å². The Balaban J connectivity index is 1.75. The monoisotopic (exact) mass is 369 g/mol. The molecule has 27 heavy (non-hydrogen) atoms. The maximum atomic E-state index is 11.8. The molecule has 6 heteroatoms. The fraction of sp³-hybridized carbons (Fsp3) is 0.238. The van der Waals surface area contributed by atoms with Crippen molar-refractivity contribution in [3.63, 3.8) is 0 Å². The Hall–Kier alpha value is -3.28. The molecule has 2 aromatic carbocycles. The summed E-state index contributed by atoms with van der Waals surface area (Å²) in [6.07, 6.45) is 3.53. The van der Waals surface area contributed by atoms with Crippen LogP contribution in [-0.4, -0.2) is 39.2 Å². The standard InChI is InChI=1S/C21H23NO5/c1-25-18-10-8-17(19(14-18)26-2)9-11-21(24)27-15-20(23)22-13-12-16-6-4-3-5-7-16/h3-11,14H,12-13,15H2,1-2H3,(H,22,23)/b11-9+. The zero-order chi connectivity index (χ0) is 19.5. The van der Waals surface area contributed by atoms with Crippen LogP contribution in [0.25, 0.3) is 6.08 Å². The zero-order valence-electron chi connectivity index (χ0n) is 15.4. The second kappa shape index (κ2) is 10.7. The smallest absolute Gasteiger partial charge is 0.331 e. The third-order valence-electron chi connectivity index (χ3n) is 3.76. The Morgan fingerprint density at radius 1 is 1.04 bits per heavy atom. The Morgan fingerprint density at radius 2 is 1.81 bits per heavy atom. The molecule has 1 N–H and O–H groups in total. The SMILES string of the molecule is COc1ccc(/C=C/C(=O)OCC(=O)NCCc2ccccc2)c(OC)c1. The van der Waals surface area contributed by atoms with Gasteiger partial charge in [0.1, 0.15) is 11.5 Å². The number of hydrogen-bond acceptors (Lipinski definition) is 5. The lowest BCUT2D eigenvalue weighted by Crippen LogP contribution is -2.30. The van der Waals surface area contributed by atoms with E-state index >= 15 is 0 Å². The van der Waals surface area contributed by atoms with Crippen LogP contribution in [0.4, 0.5) is 0 Å². The van der Waals surface area contributed by atoms with Gasteiger partial charge in [-0.2, -0.15) is 0 Å². The molecular formula is C21H23NO5. The first kappa shape index (κ1) is 20.0. The van der Waals surface area contributed by atoms with Crippen LogP contribution >= 0.6 is 0 Å². The molecule has 0 aliphatic carbocycles. The highest BCUT2D eigenvalue weighted by Gasteiger charge is 2.06. The number of benzene rings is 2. The van der Waals surface area contributed by atoms with Gasteiger partial charge in [0.2, 0.25) is 0 Å². The molecule has 0 radical (unpaired) electrons. The molecule has 0 aromatic heterocycles. The summed E-state index contributed by atoms with van der Waals surface area (Å²) in [4.78, 5) is 23.5. The number of esters is 1. The number of amides is 1. The van der Waals surface area contributed by atoms with E-state index in [1.807, 2.05) is 30.3 Å². The van der Waals surface area contributed by atoms with E-state index in [4.69, 9.17) is 14.2 Å². The summed E-state index contributed by atoms with van der Waals surface area (Å²) in [6.45, 7) is 0.164. The molecule has 2 aromatic rings. The van der Waals surface area contributed by atoms with E-state index in [9.17, 15) is 9.59 Å². The number of nitrogens with one attached hydrogen (secondary N) is 1. The van der Waals surface area contributed by atoms with Crippen molar-refractivity contribution in [1.82, 2.24) is 5.32 Å². The summed E-state index contributed by atoms with van der Waals surface area (Å²) < 4.78 is 15.3. The third kappa shape index (κ3) is 6.86. The normalized spacial score (nSPS) is 10.4. The third-order valence-corrected chi connectivity index (χ3v) is 3.76. The Bertz CT molecular complexity index is 786. The minimum atomic E-state index is -0.605. The first-order valence-corrected chi connectivity index (χ1v) is 8.50. The van der Waals surface area contributed by atoms with Crippen LogP contribution in [0.15, 0.2) is 54.6 Å². The summed E-state index contributed by atoms with van der Waals surface area (Å²) in [5.41, 5.74) is 1.83. The van der Waals surface area contributed by atoms with Gasteiger partial charge in [-0.1, -0.05) is 30.3 Å². The summed E-state index contributed by atoms with van der Waals surface area (Å²) in [5.74, 6) is 0.275. The van der Waals surface area contributed by atoms with Crippen molar-refractivity contribution in [2.75, 3.05) is 27.4 Å². The Kier molecular flexibility index (Phi) is 7.91. The number of carbonyl (C=O) groups excluding carboxylic acids is 2. The summed E-state index contributed by atoms with van der Waals surface area (Å²) in [7, 11) is 3.09. The molecule has 0 unspecified atom stereocenters. The molecule has 0 bridgehead atoms. The minimum absolute atomic E-state index is 0.322. The Morgan fingerprint density at radius 3 is 2.52 bits per heavy atom. The average molecular weight is 369 g/mol. The molecule has 2 rings (SSSR count). The predicted octanol–water partition coefficient (Wildman–Crippen LogP) is 2.62. The van der Waals surface area contributed by atoms with Crippen LogP contribution < -0.4 is 14.8 Å². The van der Waals surface area contributed by atoms with E-state index in [0.29, 0.717) is 23.6 Å². The van der Waals surface area contributed by atoms with E-state index < -0.39 is 5.97 Å². The number of hydrogen-bond donors (Lipinski definition) is 1. The maximum Gasteiger partial charge on any atom is 0.331 e. The summed E-state index contributed by atoms with van der Waals surface area (Å²) in [5, 5.41) is 2.72. The van der Waals surface area contributed by atoms with Gasteiger partial charge in [-0.05, 0) is 30.2 Å². The highest BCUT2D eigenvalue weighted by molar-refractivity contribution is 5.89. The van der Waals surface area contributed by atoms with Gasteiger partial charge in [-0.25, -0.2) is 4.79 Å². The molecule has 0 atom stereocenters. The molecule has 1 amide bonds. The van der Waals surface area contributed by atoms with Crippen molar-refractivity contribution in [1.29, 1.82) is 0 Å². The average Bonchev–Trinajstić information content (AvgIpc) is 2.71. The summed E-state index contributed by atoms with van der Waals surface area (Å²) >= 11 is 0. The molecular weight excluding hydrogens is 346 g/mol. The first-order chi connectivity index (χ1) is 13.1. The highest BCUT2D eigenvalue weighted by Crippen LogP contribution is 2.25. The molecule has 0 aliphatic rings. The van der Waals surface area contributed by atoms with E-state index in [1.165, 1.54) is 13.2 Å². The van der Waals surface area contributed by atoms with Gasteiger partial charge < -0.3 is 19.5 Å². The topological polar surface area (TPSA) is 73.9 Å². The van der Waals surface area contributed by atoms with Crippen LogP contribution in [0.3, 0.4) is 0 Å². The van der Waals surface area contributed by atoms with E-state index in [0.717, 1.165) is 12.0 Å². The molecule has 0 spiro atoms. The number of rotatable bonds is 9. The molecule has 0 aliphatic heterocycles. The lowest BCUT2D eigenvalue weighted by Gasteiger charge is -2.07. The maximum absolute atomic E-state index is 11.8. The fourth-order valence-corrected chi connectivity index (χ4v) is 2.34. The second-order valence-corrected chi connectivity index (χ2v) is 5.63. The van der Waals surface area contributed by atoms with Gasteiger partial charge in [0.05, 0.1) is 14.2 Å². The van der Waals surface area contributed by atoms with Crippen molar-refractivity contribution in [3.05, 3.63) is 65.7 Å². The van der Waals surface area contributed by atoms with Crippen molar-refractivity contribution in [3.8, 4) is 11.5 Å². The molecule has 0 heterocycles. The van der Waals surface area contributed by atoms with Crippen LogP contribution in [0.1, 0.15) is 11.1 Å². The van der Waals surface area contributed by atoms with Crippen LogP contribution in [0, 0.1) is 0 Å². The highest BCUT2D eigenvalue weighted by atomic mass is 16.5. The van der Waals surface area contributed by atoms with Crippen molar-refractivity contribution in [2.24, 2.45) is 0 Å². The van der Waals surface area contributed by atoms with Gasteiger partial charge in [0, 0.05) is 24.3 Å². The van der Waals surface area contributed by atoms with E-state index in [2.05, 4.69) is 5.32 Å². The van der Waals surface area contributed by atoms with Crippen molar-refractivity contribution < 1.29 is 23.8 Å². The number of methoxy groups -OCH3 is 2. The van der Waals surface area contributed by atoms with Crippen LogP contribution in [0.5, 0.6) is 11.5 Å². The lowest BCUT2D eigenvalue weighted by molar-refractivity contribution is -0.143. The number of ether oxygens (including phenoxy) is 3. The predicted molar refractivity (Wildman–Crippen MR) is 103 cm³/mol. The summed E-state index contributed by atoms with van der Waals surface area (Å²) in [6, 6.07) is 15.0. The largest absolute Gasteiger partial charge is 0.497 e. The van der Waals surface area contributed by atoms with Crippen LogP contribution in [-0.2, 0) is 20.7 Å². The molecule has 6 nitrogen and oxygen atoms in total. The van der Waals surface area contributed by atoms with Crippen molar-refractivity contribution >= 4 is 18.0 Å². The van der Waals surface area contributed by atoms with E-state index in [-0.39, 0.29) is 12.5 Å². The quantitative estimate of drug-likeness (QED) is 0.543. The minimum Gasteiger partial charge on any atom is -0.497 e. The number of carbonyl (C=O) groups is 2. The van der Waals surface area contributed by atoms with Crippen molar-refractivity contribution in [2.45, 2.75) is 6.42 Å². The zero-order valence-corrected chi connectivity index (χ0v) is 15.4. The molecule has 0 saturated carbocycles. The van der Waals surface area contributed by atoms with Gasteiger partial charge in [0.15, 0.2) is 6.61 Å². The van der Waals surface area contributed by atoms with Gasteiger partial charge >= 0.3 is 5.97 Å². The van der Waals surface area contributed by atoms with Gasteiger partial charge in [-0.15, -0.1) is 0 Å². The second-order valence-electron chi connectivity index (χ2n) is 5.63. The van der Waals surface area contributed by atoms with Gasteiger partial charge in [-0.3, -0.25) is 4.79 Å². The van der Waals surface area contributed by atoms with Crippen LogP contribution in [0.2, 0.25) is 0 Å². The molecule has 0 fully saturated rings. The molecule has 142 valence electrons. The fourth-order valence-electron chi connectivity index (χ4n) is 2.34. The van der Waals surface area contributed by atoms with Gasteiger partial charge in [0.25, 0.3) is 5.91 Å². The lowest BCUT2D eigenvalue weighted by atomic mass is 10.1.